The molecule has 1 fully saturated rings. The van der Waals surface area contributed by atoms with E-state index in [0.717, 1.165) is 0 Å². The minimum atomic E-state index is -0.320. The zero-order valence-electron chi connectivity index (χ0n) is 11.8. The van der Waals surface area contributed by atoms with Gasteiger partial charge < -0.3 is 25.0 Å². The van der Waals surface area contributed by atoms with Gasteiger partial charge in [-0.3, -0.25) is 4.79 Å². The van der Waals surface area contributed by atoms with Crippen LogP contribution in [0, 0.1) is 0 Å². The molecule has 0 saturated carbocycles. The minimum absolute atomic E-state index is 0.0669. The standard InChI is InChI=1S/C13H18N4O4/c1-20-6-7-21-12-3-2-10(8-15-12)16-13(19)17-5-4-14-11(18)9-17/h2-3,8H,4-7,9H2,1H3,(H,14,18)(H,16,19). The van der Waals surface area contributed by atoms with Gasteiger partial charge in [-0.15, -0.1) is 0 Å². The number of hydrogen-bond donors (Lipinski definition) is 2. The summed E-state index contributed by atoms with van der Waals surface area (Å²) >= 11 is 0. The summed E-state index contributed by atoms with van der Waals surface area (Å²) in [7, 11) is 1.59. The van der Waals surface area contributed by atoms with Gasteiger partial charge in [0.05, 0.1) is 18.5 Å². The Morgan fingerprint density at radius 2 is 2.33 bits per heavy atom. The van der Waals surface area contributed by atoms with Gasteiger partial charge in [-0.25, -0.2) is 9.78 Å². The molecule has 0 spiro atoms. The van der Waals surface area contributed by atoms with E-state index in [1.54, 1.807) is 19.2 Å². The smallest absolute Gasteiger partial charge is 0.322 e. The molecule has 1 aromatic rings. The van der Waals surface area contributed by atoms with Gasteiger partial charge in [-0.2, -0.15) is 0 Å². The van der Waals surface area contributed by atoms with E-state index in [-0.39, 0.29) is 18.5 Å². The molecule has 0 aliphatic carbocycles. The lowest BCUT2D eigenvalue weighted by atomic mass is 10.3. The van der Waals surface area contributed by atoms with Crippen LogP contribution in [0.2, 0.25) is 0 Å². The number of methoxy groups -OCH3 is 1. The molecule has 8 nitrogen and oxygen atoms in total. The molecule has 0 bridgehead atoms. The Morgan fingerprint density at radius 1 is 1.48 bits per heavy atom. The largest absolute Gasteiger partial charge is 0.475 e. The highest BCUT2D eigenvalue weighted by Crippen LogP contribution is 2.12. The summed E-state index contributed by atoms with van der Waals surface area (Å²) in [5.74, 6) is 0.304. The molecule has 0 radical (unpaired) electrons. The first-order valence-electron chi connectivity index (χ1n) is 6.59. The van der Waals surface area contributed by atoms with Gasteiger partial charge in [0.2, 0.25) is 11.8 Å². The average molecular weight is 294 g/mol. The van der Waals surface area contributed by atoms with Crippen LogP contribution in [0.1, 0.15) is 0 Å². The predicted molar refractivity (Wildman–Crippen MR) is 75.2 cm³/mol. The zero-order chi connectivity index (χ0) is 15.1. The van der Waals surface area contributed by atoms with Crippen LogP contribution >= 0.6 is 0 Å². The van der Waals surface area contributed by atoms with Crippen molar-refractivity contribution < 1.29 is 19.1 Å². The fourth-order valence-corrected chi connectivity index (χ4v) is 1.78. The minimum Gasteiger partial charge on any atom is -0.475 e. The zero-order valence-corrected chi connectivity index (χ0v) is 11.8. The van der Waals surface area contributed by atoms with Gasteiger partial charge in [0, 0.05) is 26.3 Å². The molecule has 1 aliphatic heterocycles. The number of carbonyl (C=O) groups excluding carboxylic acids is 2. The van der Waals surface area contributed by atoms with Crippen LogP contribution in [0.25, 0.3) is 0 Å². The number of aromatic nitrogens is 1. The first-order valence-corrected chi connectivity index (χ1v) is 6.59. The molecule has 1 saturated heterocycles. The second-order valence-corrected chi connectivity index (χ2v) is 4.43. The average Bonchev–Trinajstić information content (AvgIpc) is 2.49. The number of pyridine rings is 1. The molecule has 1 aromatic heterocycles. The third-order valence-corrected chi connectivity index (χ3v) is 2.85. The number of nitrogens with zero attached hydrogens (tertiary/aromatic N) is 2. The lowest BCUT2D eigenvalue weighted by Gasteiger charge is -2.26. The molecule has 114 valence electrons. The molecule has 2 N–H and O–H groups in total. The monoisotopic (exact) mass is 294 g/mol. The van der Waals surface area contributed by atoms with Crippen LogP contribution in [0.15, 0.2) is 18.3 Å². The van der Waals surface area contributed by atoms with E-state index in [2.05, 4.69) is 15.6 Å². The predicted octanol–water partition coefficient (Wildman–Crippen LogP) is 0.0705. The number of hydrogen-bond acceptors (Lipinski definition) is 5. The van der Waals surface area contributed by atoms with Crippen LogP contribution in [-0.2, 0) is 9.53 Å². The van der Waals surface area contributed by atoms with E-state index >= 15 is 0 Å². The Balaban J connectivity index is 1.84. The molecule has 3 amide bonds. The van der Waals surface area contributed by atoms with E-state index in [0.29, 0.717) is 37.9 Å². The van der Waals surface area contributed by atoms with Crippen LogP contribution < -0.4 is 15.4 Å². The summed E-state index contributed by atoms with van der Waals surface area (Å²) < 4.78 is 10.2. The molecule has 0 aromatic carbocycles. The first kappa shape index (κ1) is 15.0. The highest BCUT2D eigenvalue weighted by Gasteiger charge is 2.20. The summed E-state index contributed by atoms with van der Waals surface area (Å²) in [5, 5.41) is 5.35. The summed E-state index contributed by atoms with van der Waals surface area (Å²) in [5.41, 5.74) is 0.546. The fraction of sp³-hybridized carbons (Fsp3) is 0.462. The normalized spacial score (nSPS) is 14.5. The molecule has 0 unspecified atom stereocenters. The van der Waals surface area contributed by atoms with Crippen molar-refractivity contribution in [1.82, 2.24) is 15.2 Å². The van der Waals surface area contributed by atoms with E-state index < -0.39 is 0 Å². The van der Waals surface area contributed by atoms with Crippen LogP contribution in [0.5, 0.6) is 5.88 Å². The molecule has 2 rings (SSSR count). The Bertz CT molecular complexity index is 491. The third kappa shape index (κ3) is 4.60. The SMILES string of the molecule is COCCOc1ccc(NC(=O)N2CCNC(=O)C2)cn1. The molecule has 2 heterocycles. The van der Waals surface area contributed by atoms with E-state index in [1.807, 2.05) is 0 Å². The van der Waals surface area contributed by atoms with Crippen molar-refractivity contribution in [3.8, 4) is 5.88 Å². The Kier molecular flexibility index (Phi) is 5.33. The second-order valence-electron chi connectivity index (χ2n) is 4.43. The Labute approximate surface area is 122 Å². The summed E-state index contributed by atoms with van der Waals surface area (Å²) in [6.45, 7) is 1.92. The third-order valence-electron chi connectivity index (χ3n) is 2.85. The maximum Gasteiger partial charge on any atom is 0.322 e. The summed E-state index contributed by atoms with van der Waals surface area (Å²) in [6, 6.07) is 3.03. The number of piperazine rings is 1. The van der Waals surface area contributed by atoms with E-state index in [9.17, 15) is 9.59 Å². The van der Waals surface area contributed by atoms with Gasteiger partial charge in [-0.05, 0) is 6.07 Å². The lowest BCUT2D eigenvalue weighted by Crippen LogP contribution is -2.51. The van der Waals surface area contributed by atoms with Gasteiger partial charge in [-0.1, -0.05) is 0 Å². The summed E-state index contributed by atoms with van der Waals surface area (Å²) in [6.07, 6.45) is 1.50. The number of anilines is 1. The van der Waals surface area contributed by atoms with E-state index in [1.165, 1.54) is 11.1 Å². The van der Waals surface area contributed by atoms with Crippen molar-refractivity contribution in [2.45, 2.75) is 0 Å². The number of rotatable bonds is 5. The quantitative estimate of drug-likeness (QED) is 0.750. The number of urea groups is 1. The lowest BCUT2D eigenvalue weighted by molar-refractivity contribution is -0.123. The summed E-state index contributed by atoms with van der Waals surface area (Å²) in [4.78, 5) is 28.7. The van der Waals surface area contributed by atoms with Gasteiger partial charge in [0.1, 0.15) is 13.2 Å². The van der Waals surface area contributed by atoms with Crippen LogP contribution in [0.3, 0.4) is 0 Å². The van der Waals surface area contributed by atoms with Gasteiger partial charge in [0.15, 0.2) is 0 Å². The molecular weight excluding hydrogens is 276 g/mol. The van der Waals surface area contributed by atoms with Crippen LogP contribution in [-0.4, -0.2) is 61.8 Å². The van der Waals surface area contributed by atoms with Crippen molar-refractivity contribution in [3.05, 3.63) is 18.3 Å². The van der Waals surface area contributed by atoms with Crippen molar-refractivity contribution in [2.75, 3.05) is 45.3 Å². The van der Waals surface area contributed by atoms with Crippen molar-refractivity contribution >= 4 is 17.6 Å². The fourth-order valence-electron chi connectivity index (χ4n) is 1.78. The first-order chi connectivity index (χ1) is 10.2. The number of amides is 3. The number of nitrogens with one attached hydrogen (secondary N) is 2. The number of ether oxygens (including phenoxy) is 2. The maximum atomic E-state index is 12.0. The van der Waals surface area contributed by atoms with Gasteiger partial charge in [0.25, 0.3) is 0 Å². The van der Waals surface area contributed by atoms with Crippen molar-refractivity contribution in [2.24, 2.45) is 0 Å². The highest BCUT2D eigenvalue weighted by molar-refractivity contribution is 5.92. The molecule has 8 heteroatoms. The van der Waals surface area contributed by atoms with Crippen LogP contribution in [0.4, 0.5) is 10.5 Å². The number of carbonyl (C=O) groups is 2. The van der Waals surface area contributed by atoms with Crippen molar-refractivity contribution in [3.63, 3.8) is 0 Å². The topological polar surface area (TPSA) is 92.8 Å². The Hall–Kier alpha value is -2.35. The second kappa shape index (κ2) is 7.44. The Morgan fingerprint density at radius 3 is 3.00 bits per heavy atom. The van der Waals surface area contributed by atoms with E-state index in [4.69, 9.17) is 9.47 Å². The van der Waals surface area contributed by atoms with Gasteiger partial charge >= 0.3 is 6.03 Å². The van der Waals surface area contributed by atoms with Crippen molar-refractivity contribution in [1.29, 1.82) is 0 Å². The molecule has 21 heavy (non-hydrogen) atoms. The molecule has 1 aliphatic rings. The molecule has 0 atom stereocenters. The maximum absolute atomic E-state index is 12.0. The highest BCUT2D eigenvalue weighted by atomic mass is 16.5. The molecular formula is C13H18N4O4.